The molecule has 0 saturated carbocycles. The number of hydrogen-bond donors (Lipinski definition) is 1. The molecule has 2 N–H and O–H groups in total. The van der Waals surface area contributed by atoms with Crippen molar-refractivity contribution in [3.63, 3.8) is 0 Å². The maximum atomic E-state index is 5.58. The molecule has 0 radical (unpaired) electrons. The second-order valence-electron chi connectivity index (χ2n) is 3.84. The van der Waals surface area contributed by atoms with E-state index in [1.807, 2.05) is 0 Å². The maximum Gasteiger partial charge on any atom is 0.0319 e. The predicted molar refractivity (Wildman–Crippen MR) is 65.7 cm³/mol. The van der Waals surface area contributed by atoms with Gasteiger partial charge in [0.15, 0.2) is 0 Å². The van der Waals surface area contributed by atoms with Gasteiger partial charge in [-0.3, -0.25) is 4.90 Å². The average Bonchev–Trinajstić information content (AvgIpc) is 2.30. The summed E-state index contributed by atoms with van der Waals surface area (Å²) in [5, 5.41) is 0. The van der Waals surface area contributed by atoms with Crippen molar-refractivity contribution in [2.24, 2.45) is 5.73 Å². The van der Waals surface area contributed by atoms with Crippen molar-refractivity contribution in [1.82, 2.24) is 4.90 Å². The van der Waals surface area contributed by atoms with E-state index < -0.39 is 0 Å². The molecule has 1 rings (SSSR count). The van der Waals surface area contributed by atoms with Crippen molar-refractivity contribution >= 4 is 0 Å². The number of benzene rings is 1. The van der Waals surface area contributed by atoms with Crippen LogP contribution in [0.5, 0.6) is 0 Å². The zero-order valence-corrected chi connectivity index (χ0v) is 10.0. The lowest BCUT2D eigenvalue weighted by Crippen LogP contribution is -2.26. The molecule has 0 aliphatic heterocycles. The Morgan fingerprint density at radius 2 is 1.67 bits per heavy atom. The minimum absolute atomic E-state index is 0.492. The third-order valence-corrected chi connectivity index (χ3v) is 3.06. The molecule has 0 bridgehead atoms. The van der Waals surface area contributed by atoms with Crippen molar-refractivity contribution in [3.05, 3.63) is 35.4 Å². The second kappa shape index (κ2) is 5.89. The molecule has 0 aliphatic rings. The fraction of sp³-hybridized carbons (Fsp3) is 0.538. The fourth-order valence-corrected chi connectivity index (χ4v) is 1.91. The van der Waals surface area contributed by atoms with Gasteiger partial charge in [0.1, 0.15) is 0 Å². The molecule has 0 fully saturated rings. The molecule has 0 saturated heterocycles. The van der Waals surface area contributed by atoms with Crippen LogP contribution in [0.3, 0.4) is 0 Å². The first-order valence-electron chi connectivity index (χ1n) is 5.75. The van der Waals surface area contributed by atoms with Crippen LogP contribution in [0.1, 0.15) is 37.9 Å². The first-order chi connectivity index (χ1) is 7.22. The van der Waals surface area contributed by atoms with Crippen molar-refractivity contribution in [2.75, 3.05) is 13.1 Å². The van der Waals surface area contributed by atoms with Gasteiger partial charge in [0.25, 0.3) is 0 Å². The summed E-state index contributed by atoms with van der Waals surface area (Å²) < 4.78 is 0. The second-order valence-corrected chi connectivity index (χ2v) is 3.84. The molecular formula is C13H22N2. The molecule has 1 unspecified atom stereocenters. The van der Waals surface area contributed by atoms with Crippen LogP contribution in [-0.2, 0) is 6.54 Å². The Hall–Kier alpha value is -0.860. The van der Waals surface area contributed by atoms with E-state index in [4.69, 9.17) is 5.73 Å². The molecule has 0 aromatic heterocycles. The van der Waals surface area contributed by atoms with E-state index in [1.165, 1.54) is 11.1 Å². The van der Waals surface area contributed by atoms with Crippen molar-refractivity contribution in [3.8, 4) is 0 Å². The fourth-order valence-electron chi connectivity index (χ4n) is 1.91. The summed E-state index contributed by atoms with van der Waals surface area (Å²) in [7, 11) is 0. The third kappa shape index (κ3) is 3.05. The largest absolute Gasteiger partial charge is 0.326 e. The van der Waals surface area contributed by atoms with E-state index in [0.717, 1.165) is 13.1 Å². The van der Waals surface area contributed by atoms with Crippen LogP contribution in [0.15, 0.2) is 24.3 Å². The van der Waals surface area contributed by atoms with Crippen LogP contribution in [-0.4, -0.2) is 18.0 Å². The summed E-state index contributed by atoms with van der Waals surface area (Å²) in [5.41, 5.74) is 8.15. The van der Waals surface area contributed by atoms with E-state index in [1.54, 1.807) is 0 Å². The average molecular weight is 206 g/mol. The Bertz CT molecular complexity index is 275. The molecule has 0 aliphatic carbocycles. The van der Waals surface area contributed by atoms with Gasteiger partial charge in [0.05, 0.1) is 0 Å². The van der Waals surface area contributed by atoms with Crippen LogP contribution in [0.2, 0.25) is 0 Å². The summed E-state index contributed by atoms with van der Waals surface area (Å²) in [4.78, 5) is 2.44. The first kappa shape index (κ1) is 12.2. The Balaban J connectivity index is 2.76. The van der Waals surface area contributed by atoms with Crippen LogP contribution in [0.4, 0.5) is 0 Å². The van der Waals surface area contributed by atoms with Crippen molar-refractivity contribution in [1.29, 1.82) is 0 Å². The van der Waals surface area contributed by atoms with E-state index in [-0.39, 0.29) is 0 Å². The molecule has 84 valence electrons. The highest BCUT2D eigenvalue weighted by Crippen LogP contribution is 2.19. The quantitative estimate of drug-likeness (QED) is 0.802. The molecule has 15 heavy (non-hydrogen) atoms. The Morgan fingerprint density at radius 1 is 1.13 bits per heavy atom. The number of nitrogens with two attached hydrogens (primary N) is 1. The van der Waals surface area contributed by atoms with Crippen molar-refractivity contribution < 1.29 is 0 Å². The lowest BCUT2D eigenvalue weighted by Gasteiger charge is -2.26. The molecule has 0 amide bonds. The van der Waals surface area contributed by atoms with Gasteiger partial charge in [-0.1, -0.05) is 38.1 Å². The minimum atomic E-state index is 0.492. The number of nitrogens with zero attached hydrogens (tertiary/aromatic N) is 1. The van der Waals surface area contributed by atoms with Gasteiger partial charge in [0, 0.05) is 12.6 Å². The highest BCUT2D eigenvalue weighted by molar-refractivity contribution is 5.24. The van der Waals surface area contributed by atoms with E-state index in [9.17, 15) is 0 Å². The molecule has 2 heteroatoms. The van der Waals surface area contributed by atoms with Crippen LogP contribution < -0.4 is 5.73 Å². The van der Waals surface area contributed by atoms with Gasteiger partial charge in [-0.25, -0.2) is 0 Å². The van der Waals surface area contributed by atoms with E-state index >= 15 is 0 Å². The standard InChI is InChI=1S/C13H22N2/c1-4-15(5-2)11(3)13-8-6-12(10-14)7-9-13/h6-9,11H,4-5,10,14H2,1-3H3. The van der Waals surface area contributed by atoms with Gasteiger partial charge in [0.2, 0.25) is 0 Å². The van der Waals surface area contributed by atoms with Gasteiger partial charge in [-0.15, -0.1) is 0 Å². The summed E-state index contributed by atoms with van der Waals surface area (Å²) >= 11 is 0. The Labute approximate surface area is 93.1 Å². The van der Waals surface area contributed by atoms with Crippen LogP contribution >= 0.6 is 0 Å². The first-order valence-corrected chi connectivity index (χ1v) is 5.75. The lowest BCUT2D eigenvalue weighted by molar-refractivity contribution is 0.234. The summed E-state index contributed by atoms with van der Waals surface area (Å²) in [5.74, 6) is 0. The minimum Gasteiger partial charge on any atom is -0.326 e. The monoisotopic (exact) mass is 206 g/mol. The molecule has 0 heterocycles. The van der Waals surface area contributed by atoms with E-state index in [2.05, 4.69) is 49.9 Å². The third-order valence-electron chi connectivity index (χ3n) is 3.06. The van der Waals surface area contributed by atoms with Gasteiger partial charge in [-0.2, -0.15) is 0 Å². The zero-order chi connectivity index (χ0) is 11.3. The molecule has 1 aromatic carbocycles. The number of hydrogen-bond acceptors (Lipinski definition) is 2. The topological polar surface area (TPSA) is 29.3 Å². The van der Waals surface area contributed by atoms with E-state index in [0.29, 0.717) is 12.6 Å². The molecule has 1 atom stereocenters. The summed E-state index contributed by atoms with van der Waals surface area (Å²) in [6, 6.07) is 9.10. The maximum absolute atomic E-state index is 5.58. The molecule has 0 spiro atoms. The predicted octanol–water partition coefficient (Wildman–Crippen LogP) is 2.55. The van der Waals surface area contributed by atoms with Crippen LogP contribution in [0, 0.1) is 0 Å². The molecule has 2 nitrogen and oxygen atoms in total. The SMILES string of the molecule is CCN(CC)C(C)c1ccc(CN)cc1. The normalized spacial score (nSPS) is 13.1. The van der Waals surface area contributed by atoms with Gasteiger partial charge >= 0.3 is 0 Å². The van der Waals surface area contributed by atoms with Gasteiger partial charge < -0.3 is 5.73 Å². The highest BCUT2D eigenvalue weighted by Gasteiger charge is 2.11. The summed E-state index contributed by atoms with van der Waals surface area (Å²) in [6.07, 6.45) is 0. The van der Waals surface area contributed by atoms with Crippen LogP contribution in [0.25, 0.3) is 0 Å². The highest BCUT2D eigenvalue weighted by atomic mass is 15.1. The molecule has 1 aromatic rings. The summed E-state index contributed by atoms with van der Waals surface area (Å²) in [6.45, 7) is 9.47. The lowest BCUT2D eigenvalue weighted by atomic mass is 10.0. The Kier molecular flexibility index (Phi) is 4.79. The van der Waals surface area contributed by atoms with Gasteiger partial charge in [-0.05, 0) is 31.1 Å². The van der Waals surface area contributed by atoms with Crippen molar-refractivity contribution in [2.45, 2.75) is 33.4 Å². The Morgan fingerprint density at radius 3 is 2.07 bits per heavy atom. The zero-order valence-electron chi connectivity index (χ0n) is 10.0. The number of rotatable bonds is 5. The smallest absolute Gasteiger partial charge is 0.0319 e. The molecular weight excluding hydrogens is 184 g/mol.